The monoisotopic (exact) mass is 243 g/mol. The van der Waals surface area contributed by atoms with Gasteiger partial charge >= 0.3 is 0 Å². The van der Waals surface area contributed by atoms with Crippen LogP contribution in [-0.2, 0) is 4.79 Å². The van der Waals surface area contributed by atoms with Crippen LogP contribution in [0.1, 0.15) is 37.2 Å². The number of ketones is 1. The van der Waals surface area contributed by atoms with Crippen LogP contribution in [0.15, 0.2) is 35.3 Å². The van der Waals surface area contributed by atoms with E-state index in [4.69, 9.17) is 0 Å². The van der Waals surface area contributed by atoms with Crippen LogP contribution < -0.4 is 0 Å². The first-order valence-electron chi connectivity index (χ1n) is 6.55. The minimum Gasteiger partial charge on any atom is -0.371 e. The lowest BCUT2D eigenvalue weighted by Gasteiger charge is -2.25. The maximum Gasteiger partial charge on any atom is 0.158 e. The van der Waals surface area contributed by atoms with Gasteiger partial charge in [0.1, 0.15) is 0 Å². The third-order valence-corrected chi connectivity index (χ3v) is 3.72. The van der Waals surface area contributed by atoms with Crippen molar-refractivity contribution in [1.82, 2.24) is 0 Å². The molecule has 2 unspecified atom stereocenters. The third kappa shape index (κ3) is 2.36. The highest BCUT2D eigenvalue weighted by Gasteiger charge is 2.34. The van der Waals surface area contributed by atoms with Gasteiger partial charge in [0.15, 0.2) is 12.0 Å². The molecule has 2 atom stereocenters. The summed E-state index contributed by atoms with van der Waals surface area (Å²) in [5, 5.41) is 10.1. The summed E-state index contributed by atoms with van der Waals surface area (Å²) in [4.78, 5) is 16.5. The number of hydrogen-bond acceptors (Lipinski definition) is 3. The molecule has 2 aliphatic rings. The Morgan fingerprint density at radius 1 is 1.22 bits per heavy atom. The van der Waals surface area contributed by atoms with E-state index in [0.29, 0.717) is 12.3 Å². The SMILES string of the molecule is O=C1CC(CC2CC2)=NC(O)C1c1ccccc1. The van der Waals surface area contributed by atoms with Crippen LogP contribution in [0.25, 0.3) is 0 Å². The summed E-state index contributed by atoms with van der Waals surface area (Å²) >= 11 is 0. The van der Waals surface area contributed by atoms with Crippen molar-refractivity contribution in [1.29, 1.82) is 0 Å². The quantitative estimate of drug-likeness (QED) is 0.885. The Hall–Kier alpha value is -1.48. The van der Waals surface area contributed by atoms with Gasteiger partial charge in [0.05, 0.1) is 5.92 Å². The van der Waals surface area contributed by atoms with Gasteiger partial charge in [-0.25, -0.2) is 0 Å². The molecule has 0 aromatic heterocycles. The lowest BCUT2D eigenvalue weighted by Crippen LogP contribution is -2.32. The average Bonchev–Trinajstić information content (AvgIpc) is 3.13. The molecule has 1 aliphatic carbocycles. The summed E-state index contributed by atoms with van der Waals surface area (Å²) in [6, 6.07) is 9.45. The molecule has 0 amide bonds. The summed E-state index contributed by atoms with van der Waals surface area (Å²) < 4.78 is 0. The number of aliphatic hydroxyl groups is 1. The van der Waals surface area contributed by atoms with Gasteiger partial charge in [0.25, 0.3) is 0 Å². The lowest BCUT2D eigenvalue weighted by molar-refractivity contribution is -0.122. The zero-order chi connectivity index (χ0) is 12.5. The van der Waals surface area contributed by atoms with Gasteiger partial charge in [-0.05, 0) is 30.7 Å². The van der Waals surface area contributed by atoms with Crippen LogP contribution in [0.5, 0.6) is 0 Å². The van der Waals surface area contributed by atoms with Gasteiger partial charge in [-0.3, -0.25) is 9.79 Å². The topological polar surface area (TPSA) is 49.7 Å². The molecule has 1 N–H and O–H groups in total. The number of aliphatic hydroxyl groups excluding tert-OH is 1. The molecule has 3 nitrogen and oxygen atoms in total. The van der Waals surface area contributed by atoms with Crippen molar-refractivity contribution in [2.24, 2.45) is 10.9 Å². The average molecular weight is 243 g/mol. The second-order valence-corrected chi connectivity index (χ2v) is 5.29. The second kappa shape index (κ2) is 4.65. The first-order valence-corrected chi connectivity index (χ1v) is 6.55. The van der Waals surface area contributed by atoms with E-state index in [-0.39, 0.29) is 5.78 Å². The maximum atomic E-state index is 12.2. The van der Waals surface area contributed by atoms with Crippen LogP contribution in [-0.4, -0.2) is 22.8 Å². The smallest absolute Gasteiger partial charge is 0.158 e. The van der Waals surface area contributed by atoms with Crippen LogP contribution in [0, 0.1) is 5.92 Å². The van der Waals surface area contributed by atoms with Gasteiger partial charge in [0.2, 0.25) is 0 Å². The van der Waals surface area contributed by atoms with Gasteiger partial charge in [-0.15, -0.1) is 0 Å². The first-order chi connectivity index (χ1) is 8.74. The largest absolute Gasteiger partial charge is 0.371 e. The van der Waals surface area contributed by atoms with Crippen LogP contribution in [0.2, 0.25) is 0 Å². The number of Topliss-reactive ketones (excluding diaryl/α,β-unsaturated/α-hetero) is 1. The molecular formula is C15H17NO2. The van der Waals surface area contributed by atoms with Crippen molar-refractivity contribution in [3.05, 3.63) is 35.9 Å². The van der Waals surface area contributed by atoms with E-state index in [2.05, 4.69) is 4.99 Å². The molecule has 1 fully saturated rings. The molecule has 0 radical (unpaired) electrons. The molecule has 1 saturated carbocycles. The summed E-state index contributed by atoms with van der Waals surface area (Å²) in [6.07, 6.45) is 2.89. The van der Waals surface area contributed by atoms with Gasteiger partial charge in [-0.1, -0.05) is 30.3 Å². The predicted molar refractivity (Wildman–Crippen MR) is 69.6 cm³/mol. The van der Waals surface area contributed by atoms with E-state index in [9.17, 15) is 9.90 Å². The number of carbonyl (C=O) groups excluding carboxylic acids is 1. The van der Waals surface area contributed by atoms with E-state index in [1.165, 1.54) is 12.8 Å². The standard InChI is InChI=1S/C15H17NO2/c17-13-9-12(8-10-6-7-10)16-15(18)14(13)11-4-2-1-3-5-11/h1-5,10,14-15,18H,6-9H2. The first kappa shape index (κ1) is 11.6. The summed E-state index contributed by atoms with van der Waals surface area (Å²) in [5.41, 5.74) is 1.76. The summed E-state index contributed by atoms with van der Waals surface area (Å²) in [5.74, 6) is 0.325. The highest BCUT2D eigenvalue weighted by Crippen LogP contribution is 2.35. The molecule has 3 heteroatoms. The van der Waals surface area contributed by atoms with E-state index in [1.54, 1.807) is 0 Å². The van der Waals surface area contributed by atoms with Crippen LogP contribution >= 0.6 is 0 Å². The Morgan fingerprint density at radius 2 is 1.94 bits per heavy atom. The molecular weight excluding hydrogens is 226 g/mol. The predicted octanol–water partition coefficient (Wildman–Crippen LogP) is 2.30. The van der Waals surface area contributed by atoms with Gasteiger partial charge in [0, 0.05) is 12.1 Å². The number of benzene rings is 1. The van der Waals surface area contributed by atoms with Gasteiger partial charge < -0.3 is 5.11 Å². The molecule has 1 aliphatic heterocycles. The summed E-state index contributed by atoms with van der Waals surface area (Å²) in [6.45, 7) is 0. The van der Waals surface area contributed by atoms with Crippen molar-refractivity contribution in [2.45, 2.75) is 37.8 Å². The van der Waals surface area contributed by atoms with Crippen molar-refractivity contribution in [3.63, 3.8) is 0 Å². The maximum absolute atomic E-state index is 12.2. The highest BCUT2D eigenvalue weighted by molar-refractivity contribution is 6.06. The van der Waals surface area contributed by atoms with E-state index in [1.807, 2.05) is 30.3 Å². The van der Waals surface area contributed by atoms with Crippen molar-refractivity contribution in [2.75, 3.05) is 0 Å². The Balaban J connectivity index is 1.80. The molecule has 1 heterocycles. The highest BCUT2D eigenvalue weighted by atomic mass is 16.3. The fourth-order valence-electron chi connectivity index (χ4n) is 2.58. The summed E-state index contributed by atoms with van der Waals surface area (Å²) in [7, 11) is 0. The lowest BCUT2D eigenvalue weighted by atomic mass is 9.87. The number of rotatable bonds is 3. The fourth-order valence-corrected chi connectivity index (χ4v) is 2.58. The minimum absolute atomic E-state index is 0.0966. The van der Waals surface area contributed by atoms with Crippen molar-refractivity contribution >= 4 is 11.5 Å². The van der Waals surface area contributed by atoms with Crippen molar-refractivity contribution < 1.29 is 9.90 Å². The Kier molecular flexibility index (Phi) is 3.00. The minimum atomic E-state index is -0.901. The number of aliphatic imine (C=N–C) groups is 1. The molecule has 0 spiro atoms. The molecule has 1 aromatic rings. The normalized spacial score (nSPS) is 28.1. The molecule has 0 bridgehead atoms. The Bertz CT molecular complexity index is 477. The third-order valence-electron chi connectivity index (χ3n) is 3.72. The zero-order valence-electron chi connectivity index (χ0n) is 10.2. The molecule has 94 valence electrons. The van der Waals surface area contributed by atoms with Crippen LogP contribution in [0.4, 0.5) is 0 Å². The van der Waals surface area contributed by atoms with Crippen molar-refractivity contribution in [3.8, 4) is 0 Å². The number of hydrogen-bond donors (Lipinski definition) is 1. The fraction of sp³-hybridized carbons (Fsp3) is 0.467. The Morgan fingerprint density at radius 3 is 2.56 bits per heavy atom. The zero-order valence-corrected chi connectivity index (χ0v) is 10.2. The molecule has 1 aromatic carbocycles. The van der Waals surface area contributed by atoms with E-state index >= 15 is 0 Å². The molecule has 3 rings (SSSR count). The number of nitrogens with zero attached hydrogens (tertiary/aromatic N) is 1. The Labute approximate surface area is 107 Å². The van der Waals surface area contributed by atoms with E-state index in [0.717, 1.165) is 17.7 Å². The second-order valence-electron chi connectivity index (χ2n) is 5.29. The molecule has 0 saturated heterocycles. The van der Waals surface area contributed by atoms with Crippen LogP contribution in [0.3, 0.4) is 0 Å². The molecule has 18 heavy (non-hydrogen) atoms. The van der Waals surface area contributed by atoms with Gasteiger partial charge in [-0.2, -0.15) is 0 Å². The van der Waals surface area contributed by atoms with E-state index < -0.39 is 12.1 Å². The number of carbonyl (C=O) groups is 1.